The number of fused-ring (bicyclic) bond motifs is 2. The molecule has 4 heteroatoms. The lowest BCUT2D eigenvalue weighted by Gasteiger charge is -2.24. The monoisotopic (exact) mass is 284 g/mol. The van der Waals surface area contributed by atoms with Gasteiger partial charge in [0.2, 0.25) is 5.89 Å². The van der Waals surface area contributed by atoms with Gasteiger partial charge in [0.1, 0.15) is 5.75 Å². The summed E-state index contributed by atoms with van der Waals surface area (Å²) in [6.07, 6.45) is 5.94. The van der Waals surface area contributed by atoms with E-state index in [1.807, 2.05) is 30.5 Å². The fourth-order valence-corrected chi connectivity index (χ4v) is 3.67. The molecule has 1 aliphatic carbocycles. The van der Waals surface area contributed by atoms with Crippen LogP contribution in [0.3, 0.4) is 0 Å². The average molecular weight is 284 g/mol. The van der Waals surface area contributed by atoms with E-state index in [1.54, 1.807) is 7.11 Å². The minimum atomic E-state index is 0.756. The van der Waals surface area contributed by atoms with E-state index in [1.165, 1.54) is 25.8 Å². The molecule has 2 fully saturated rings. The molecule has 2 aliphatic rings. The number of ether oxygens (including phenoxy) is 1. The van der Waals surface area contributed by atoms with Crippen LogP contribution in [0.25, 0.3) is 11.3 Å². The van der Waals surface area contributed by atoms with Crippen molar-refractivity contribution in [3.05, 3.63) is 36.4 Å². The molecule has 0 amide bonds. The zero-order chi connectivity index (χ0) is 14.2. The van der Waals surface area contributed by atoms with Crippen molar-refractivity contribution in [3.8, 4) is 17.1 Å². The third-order valence-corrected chi connectivity index (χ3v) is 4.79. The predicted molar refractivity (Wildman–Crippen MR) is 80.0 cm³/mol. The van der Waals surface area contributed by atoms with E-state index in [-0.39, 0.29) is 0 Å². The number of benzene rings is 1. The topological polar surface area (TPSA) is 38.5 Å². The van der Waals surface area contributed by atoms with Crippen molar-refractivity contribution in [2.24, 2.45) is 5.92 Å². The Labute approximate surface area is 124 Å². The molecule has 1 aliphatic heterocycles. The maximum Gasteiger partial charge on any atom is 0.209 e. The molecule has 0 radical (unpaired) electrons. The Balaban J connectivity index is 1.47. The summed E-state index contributed by atoms with van der Waals surface area (Å²) in [5.74, 6) is 3.42. The predicted octanol–water partition coefficient (Wildman–Crippen LogP) is 3.33. The van der Waals surface area contributed by atoms with Crippen LogP contribution in [0.5, 0.6) is 5.75 Å². The largest absolute Gasteiger partial charge is 0.497 e. The number of hydrogen-bond acceptors (Lipinski definition) is 4. The van der Waals surface area contributed by atoms with E-state index < -0.39 is 0 Å². The summed E-state index contributed by atoms with van der Waals surface area (Å²) in [5, 5.41) is 0. The van der Waals surface area contributed by atoms with Crippen LogP contribution in [0.15, 0.2) is 34.9 Å². The average Bonchev–Trinajstić information content (AvgIpc) is 3.24. The van der Waals surface area contributed by atoms with E-state index in [9.17, 15) is 0 Å². The third kappa shape index (κ3) is 2.44. The Bertz CT molecular complexity index is 620. The molecular formula is C17H20N2O2. The number of oxazole rings is 1. The maximum atomic E-state index is 5.92. The first-order valence-electron chi connectivity index (χ1n) is 7.65. The lowest BCUT2D eigenvalue weighted by molar-refractivity contribution is 0.187. The number of nitrogens with zero attached hydrogens (tertiary/aromatic N) is 2. The van der Waals surface area contributed by atoms with Gasteiger partial charge in [-0.15, -0.1) is 0 Å². The fraction of sp³-hybridized carbons (Fsp3) is 0.471. The fourth-order valence-electron chi connectivity index (χ4n) is 3.67. The van der Waals surface area contributed by atoms with Crippen LogP contribution >= 0.6 is 0 Å². The van der Waals surface area contributed by atoms with Crippen molar-refractivity contribution in [2.75, 3.05) is 13.7 Å². The summed E-state index contributed by atoms with van der Waals surface area (Å²) in [6, 6.07) is 8.64. The number of methoxy groups -OCH3 is 1. The van der Waals surface area contributed by atoms with Crippen LogP contribution in [0.1, 0.15) is 25.2 Å². The summed E-state index contributed by atoms with van der Waals surface area (Å²) in [7, 11) is 1.67. The summed E-state index contributed by atoms with van der Waals surface area (Å²) < 4.78 is 11.1. The summed E-state index contributed by atoms with van der Waals surface area (Å²) >= 11 is 0. The highest BCUT2D eigenvalue weighted by molar-refractivity contribution is 5.57. The van der Waals surface area contributed by atoms with Gasteiger partial charge in [-0.3, -0.25) is 4.90 Å². The molecule has 21 heavy (non-hydrogen) atoms. The molecule has 2 unspecified atom stereocenters. The van der Waals surface area contributed by atoms with Crippen molar-refractivity contribution in [3.63, 3.8) is 0 Å². The van der Waals surface area contributed by atoms with Gasteiger partial charge < -0.3 is 9.15 Å². The summed E-state index contributed by atoms with van der Waals surface area (Å²) in [6.45, 7) is 2.06. The van der Waals surface area contributed by atoms with Crippen molar-refractivity contribution in [1.82, 2.24) is 9.88 Å². The van der Waals surface area contributed by atoms with E-state index >= 15 is 0 Å². The Morgan fingerprint density at radius 1 is 1.29 bits per heavy atom. The summed E-state index contributed by atoms with van der Waals surface area (Å²) in [5.41, 5.74) is 1.04. The van der Waals surface area contributed by atoms with Gasteiger partial charge >= 0.3 is 0 Å². The highest BCUT2D eigenvalue weighted by Crippen LogP contribution is 2.38. The SMILES string of the molecule is COc1ccc(-c2cnc(CN3CC4CCC3C4)o2)cc1. The second-order valence-corrected chi connectivity index (χ2v) is 6.11. The first kappa shape index (κ1) is 12.9. The molecule has 1 saturated carbocycles. The van der Waals surface area contributed by atoms with Gasteiger partial charge in [-0.1, -0.05) is 0 Å². The third-order valence-electron chi connectivity index (χ3n) is 4.79. The van der Waals surface area contributed by atoms with Gasteiger partial charge in [0.25, 0.3) is 0 Å². The van der Waals surface area contributed by atoms with Gasteiger partial charge in [0.15, 0.2) is 5.76 Å². The quantitative estimate of drug-likeness (QED) is 0.863. The molecule has 2 aromatic rings. The molecule has 1 aromatic carbocycles. The Morgan fingerprint density at radius 3 is 2.81 bits per heavy atom. The van der Waals surface area contributed by atoms with Crippen molar-refractivity contribution >= 4 is 0 Å². The van der Waals surface area contributed by atoms with Gasteiger partial charge in [0, 0.05) is 18.2 Å². The van der Waals surface area contributed by atoms with Crippen molar-refractivity contribution in [2.45, 2.75) is 31.8 Å². The zero-order valence-electron chi connectivity index (χ0n) is 12.3. The number of likely N-dealkylation sites (tertiary alicyclic amines) is 1. The molecule has 110 valence electrons. The second kappa shape index (κ2) is 5.19. The van der Waals surface area contributed by atoms with Crippen LogP contribution in [0.2, 0.25) is 0 Å². The van der Waals surface area contributed by atoms with Crippen LogP contribution in [0.4, 0.5) is 0 Å². The first-order valence-corrected chi connectivity index (χ1v) is 7.65. The highest BCUT2D eigenvalue weighted by atomic mass is 16.5. The number of aromatic nitrogens is 1. The lowest BCUT2D eigenvalue weighted by atomic mass is 10.1. The minimum Gasteiger partial charge on any atom is -0.497 e. The molecule has 0 N–H and O–H groups in total. The molecule has 1 aromatic heterocycles. The van der Waals surface area contributed by atoms with Crippen molar-refractivity contribution in [1.29, 1.82) is 0 Å². The molecule has 0 spiro atoms. The second-order valence-electron chi connectivity index (χ2n) is 6.11. The maximum absolute atomic E-state index is 5.92. The first-order chi connectivity index (χ1) is 10.3. The van der Waals surface area contributed by atoms with Crippen LogP contribution in [0, 0.1) is 5.92 Å². The van der Waals surface area contributed by atoms with E-state index in [2.05, 4.69) is 9.88 Å². The smallest absolute Gasteiger partial charge is 0.209 e. The Hall–Kier alpha value is -1.81. The molecule has 4 rings (SSSR count). The Kier molecular flexibility index (Phi) is 3.19. The van der Waals surface area contributed by atoms with Gasteiger partial charge in [0.05, 0.1) is 19.9 Å². The lowest BCUT2D eigenvalue weighted by Crippen LogP contribution is -2.31. The van der Waals surface area contributed by atoms with E-state index in [4.69, 9.17) is 9.15 Å². The Morgan fingerprint density at radius 2 is 2.14 bits per heavy atom. The van der Waals surface area contributed by atoms with E-state index in [0.717, 1.165) is 41.5 Å². The highest BCUT2D eigenvalue weighted by Gasteiger charge is 2.38. The number of piperidine rings is 1. The van der Waals surface area contributed by atoms with E-state index in [0.29, 0.717) is 0 Å². The van der Waals surface area contributed by atoms with Gasteiger partial charge in [-0.05, 0) is 49.4 Å². The minimum absolute atomic E-state index is 0.756. The zero-order valence-corrected chi connectivity index (χ0v) is 12.3. The molecule has 2 atom stereocenters. The molecule has 2 heterocycles. The standard InChI is InChI=1S/C17H20N2O2/c1-20-15-6-3-13(4-7-15)16-9-18-17(21-16)11-19-10-12-2-5-14(19)8-12/h3-4,6-7,9,12,14H,2,5,8,10-11H2,1H3. The molecular weight excluding hydrogens is 264 g/mol. The van der Waals surface area contributed by atoms with Crippen LogP contribution in [-0.2, 0) is 6.54 Å². The number of hydrogen-bond donors (Lipinski definition) is 0. The molecule has 4 nitrogen and oxygen atoms in total. The molecule has 1 saturated heterocycles. The normalized spacial score (nSPS) is 24.6. The summed E-state index contributed by atoms with van der Waals surface area (Å²) in [4.78, 5) is 6.97. The molecule has 2 bridgehead atoms. The van der Waals surface area contributed by atoms with Gasteiger partial charge in [-0.25, -0.2) is 4.98 Å². The van der Waals surface area contributed by atoms with Gasteiger partial charge in [-0.2, -0.15) is 0 Å². The number of rotatable bonds is 4. The van der Waals surface area contributed by atoms with Crippen LogP contribution in [-0.4, -0.2) is 29.6 Å². The van der Waals surface area contributed by atoms with Crippen LogP contribution < -0.4 is 4.74 Å². The van der Waals surface area contributed by atoms with Crippen molar-refractivity contribution < 1.29 is 9.15 Å².